The summed E-state index contributed by atoms with van der Waals surface area (Å²) in [4.78, 5) is 11.2. The predicted molar refractivity (Wildman–Crippen MR) is 105 cm³/mol. The zero-order chi connectivity index (χ0) is 19.8. The second-order valence-electron chi connectivity index (χ2n) is 6.99. The van der Waals surface area contributed by atoms with E-state index in [4.69, 9.17) is 10.9 Å². The van der Waals surface area contributed by atoms with Gasteiger partial charge in [-0.2, -0.15) is 0 Å². The molecule has 4 atom stereocenters. The first-order valence-corrected chi connectivity index (χ1v) is 9.96. The van der Waals surface area contributed by atoms with Crippen molar-refractivity contribution in [2.45, 2.75) is 77.5 Å². The third-order valence-electron chi connectivity index (χ3n) is 4.95. The van der Waals surface area contributed by atoms with Crippen LogP contribution in [-0.4, -0.2) is 60.7 Å². The molecule has 0 radical (unpaired) electrons. The minimum Gasteiger partial charge on any atom is -0.392 e. The van der Waals surface area contributed by atoms with Crippen LogP contribution in [0.5, 0.6) is 0 Å². The van der Waals surface area contributed by atoms with Crippen molar-refractivity contribution in [1.29, 1.82) is 0 Å². The Morgan fingerprint density at radius 2 is 1.85 bits per heavy atom. The average molecular weight is 376 g/mol. The first kappa shape index (κ1) is 25.2. The number of hydrogen-bond donors (Lipinski definition) is 7. The molecule has 0 bridgehead atoms. The van der Waals surface area contributed by atoms with Crippen LogP contribution < -0.4 is 27.2 Å². The Bertz CT molecular complexity index is 347. The van der Waals surface area contributed by atoms with Crippen LogP contribution in [0.4, 0.5) is 0 Å². The third kappa shape index (κ3) is 12.6. The smallest absolute Gasteiger partial charge is 0.243 e. The first-order chi connectivity index (χ1) is 12.5. The Kier molecular flexibility index (Phi) is 15.9. The van der Waals surface area contributed by atoms with Gasteiger partial charge in [-0.05, 0) is 38.1 Å². The Labute approximate surface area is 158 Å². The van der Waals surface area contributed by atoms with Gasteiger partial charge in [0, 0.05) is 38.3 Å². The predicted octanol–water partition coefficient (Wildman–Crippen LogP) is 0.291. The summed E-state index contributed by atoms with van der Waals surface area (Å²) < 4.78 is 0. The van der Waals surface area contributed by atoms with E-state index < -0.39 is 0 Å². The second-order valence-corrected chi connectivity index (χ2v) is 6.99. The fraction of sp³-hybridized carbons (Fsp3) is 0.944. The zero-order valence-corrected chi connectivity index (χ0v) is 16.8. The number of hydroxylamine groups is 1. The van der Waals surface area contributed by atoms with Gasteiger partial charge >= 0.3 is 0 Å². The molecule has 0 aromatic heterocycles. The van der Waals surface area contributed by atoms with Crippen molar-refractivity contribution in [3.63, 3.8) is 0 Å². The molecule has 26 heavy (non-hydrogen) atoms. The minimum atomic E-state index is -0.364. The second kappa shape index (κ2) is 16.4. The highest BCUT2D eigenvalue weighted by Crippen LogP contribution is 2.09. The molecule has 0 aromatic carbocycles. The first-order valence-electron chi connectivity index (χ1n) is 9.96. The van der Waals surface area contributed by atoms with Gasteiger partial charge in [0.2, 0.25) is 5.91 Å². The fourth-order valence-electron chi connectivity index (χ4n) is 2.82. The number of aliphatic hydroxyl groups excluding tert-OH is 1. The van der Waals surface area contributed by atoms with Crippen molar-refractivity contribution in [1.82, 2.24) is 21.4 Å². The van der Waals surface area contributed by atoms with Crippen molar-refractivity contribution < 1.29 is 15.1 Å². The molecular formula is C18H41N5O3. The molecule has 8 N–H and O–H groups in total. The summed E-state index contributed by atoms with van der Waals surface area (Å²) in [5, 5.41) is 28.8. The van der Waals surface area contributed by atoms with Crippen LogP contribution in [0.25, 0.3) is 0 Å². The number of carbonyl (C=O) groups is 1. The zero-order valence-electron chi connectivity index (χ0n) is 16.8. The van der Waals surface area contributed by atoms with E-state index in [1.165, 1.54) is 0 Å². The van der Waals surface area contributed by atoms with Gasteiger partial charge in [0.05, 0.1) is 6.10 Å². The Morgan fingerprint density at radius 3 is 2.42 bits per heavy atom. The molecule has 8 heteroatoms. The number of hydrogen-bond acceptors (Lipinski definition) is 7. The van der Waals surface area contributed by atoms with E-state index in [9.17, 15) is 9.90 Å². The molecular weight excluding hydrogens is 334 g/mol. The highest BCUT2D eigenvalue weighted by atomic mass is 16.5. The highest BCUT2D eigenvalue weighted by Gasteiger charge is 2.18. The van der Waals surface area contributed by atoms with Gasteiger partial charge in [-0.1, -0.05) is 27.2 Å². The van der Waals surface area contributed by atoms with Gasteiger partial charge in [0.15, 0.2) is 0 Å². The summed E-state index contributed by atoms with van der Waals surface area (Å²) in [5.41, 5.74) is 7.06. The van der Waals surface area contributed by atoms with Crippen LogP contribution >= 0.6 is 0 Å². The normalized spacial score (nSPS) is 16.1. The molecule has 1 amide bonds. The quantitative estimate of drug-likeness (QED) is 0.0841. The molecule has 0 aliphatic carbocycles. The van der Waals surface area contributed by atoms with Crippen molar-refractivity contribution >= 4 is 5.91 Å². The standard InChI is InChI=1S/C18H41N5O3/c1-4-14(3)17(22-11-16(24)7-6-10-20-13-19)12-21-15(5-2)8-9-18(25)23-26/h14-17,20-22,24,26H,4-13,19H2,1-3H3,(H,23,25). The molecule has 0 spiro atoms. The summed E-state index contributed by atoms with van der Waals surface area (Å²) in [7, 11) is 0. The molecule has 0 saturated heterocycles. The number of carbonyl (C=O) groups excluding carboxylic acids is 1. The van der Waals surface area contributed by atoms with Gasteiger partial charge in [-0.3, -0.25) is 10.0 Å². The van der Waals surface area contributed by atoms with Crippen LogP contribution in [0, 0.1) is 5.92 Å². The maximum Gasteiger partial charge on any atom is 0.243 e. The Morgan fingerprint density at radius 1 is 1.12 bits per heavy atom. The van der Waals surface area contributed by atoms with Crippen molar-refractivity contribution in [2.24, 2.45) is 11.7 Å². The van der Waals surface area contributed by atoms with E-state index in [1.807, 2.05) is 0 Å². The molecule has 0 aromatic rings. The molecule has 4 unspecified atom stereocenters. The van der Waals surface area contributed by atoms with E-state index >= 15 is 0 Å². The summed E-state index contributed by atoms with van der Waals surface area (Å²) in [5.74, 6) is 0.126. The van der Waals surface area contributed by atoms with Crippen molar-refractivity contribution in [3.05, 3.63) is 0 Å². The topological polar surface area (TPSA) is 132 Å². The van der Waals surface area contributed by atoms with E-state index in [0.29, 0.717) is 32.0 Å². The van der Waals surface area contributed by atoms with Crippen molar-refractivity contribution in [3.8, 4) is 0 Å². The molecule has 8 nitrogen and oxygen atoms in total. The lowest BCUT2D eigenvalue weighted by Gasteiger charge is -2.28. The van der Waals surface area contributed by atoms with Crippen LogP contribution in [0.2, 0.25) is 0 Å². The minimum absolute atomic E-state index is 0.230. The lowest BCUT2D eigenvalue weighted by Crippen LogP contribution is -2.48. The molecule has 0 saturated carbocycles. The lowest BCUT2D eigenvalue weighted by atomic mass is 9.97. The monoisotopic (exact) mass is 375 g/mol. The largest absolute Gasteiger partial charge is 0.392 e. The van der Waals surface area contributed by atoms with Gasteiger partial charge < -0.3 is 26.8 Å². The Hall–Kier alpha value is -0.770. The van der Waals surface area contributed by atoms with E-state index in [-0.39, 0.29) is 24.1 Å². The fourth-order valence-corrected chi connectivity index (χ4v) is 2.82. The van der Waals surface area contributed by atoms with E-state index in [1.54, 1.807) is 5.48 Å². The number of amides is 1. The molecule has 0 rings (SSSR count). The molecule has 0 heterocycles. The molecule has 156 valence electrons. The number of aliphatic hydroxyl groups is 1. The average Bonchev–Trinajstić information content (AvgIpc) is 2.66. The van der Waals surface area contributed by atoms with E-state index in [0.717, 1.165) is 38.8 Å². The van der Waals surface area contributed by atoms with Crippen LogP contribution in [-0.2, 0) is 4.79 Å². The Balaban J connectivity index is 4.27. The summed E-state index contributed by atoms with van der Waals surface area (Å²) in [6, 6.07) is 0.491. The number of nitrogens with two attached hydrogens (primary N) is 1. The summed E-state index contributed by atoms with van der Waals surface area (Å²) in [6.45, 7) is 9.10. The molecule has 0 aliphatic heterocycles. The number of nitrogens with one attached hydrogen (secondary N) is 4. The SMILES string of the molecule is CCC(CCC(=O)NO)NCC(NCC(O)CCCNCN)C(C)CC. The lowest BCUT2D eigenvalue weighted by molar-refractivity contribution is -0.129. The third-order valence-corrected chi connectivity index (χ3v) is 4.95. The van der Waals surface area contributed by atoms with Crippen LogP contribution in [0.3, 0.4) is 0 Å². The maximum absolute atomic E-state index is 11.2. The maximum atomic E-state index is 11.2. The van der Waals surface area contributed by atoms with Crippen LogP contribution in [0.1, 0.15) is 59.3 Å². The van der Waals surface area contributed by atoms with Gasteiger partial charge in [-0.15, -0.1) is 0 Å². The number of rotatable bonds is 17. The summed E-state index contributed by atoms with van der Waals surface area (Å²) in [6.07, 6.45) is 4.25. The van der Waals surface area contributed by atoms with Gasteiger partial charge in [-0.25, -0.2) is 5.48 Å². The summed E-state index contributed by atoms with van der Waals surface area (Å²) >= 11 is 0. The van der Waals surface area contributed by atoms with Gasteiger partial charge in [0.25, 0.3) is 0 Å². The highest BCUT2D eigenvalue weighted by molar-refractivity contribution is 5.74. The van der Waals surface area contributed by atoms with Gasteiger partial charge in [0.1, 0.15) is 0 Å². The van der Waals surface area contributed by atoms with E-state index in [2.05, 4.69) is 36.7 Å². The molecule has 0 aliphatic rings. The molecule has 0 fully saturated rings. The van der Waals surface area contributed by atoms with Crippen molar-refractivity contribution in [2.75, 3.05) is 26.3 Å². The van der Waals surface area contributed by atoms with Crippen LogP contribution in [0.15, 0.2) is 0 Å².